The van der Waals surface area contributed by atoms with E-state index >= 15 is 0 Å². The molecule has 0 amide bonds. The molecule has 0 radical (unpaired) electrons. The van der Waals surface area contributed by atoms with Crippen molar-refractivity contribution in [3.8, 4) is 10.4 Å². The van der Waals surface area contributed by atoms with Crippen LogP contribution in [-0.2, 0) is 24.2 Å². The minimum Gasteiger partial charge on any atom is -0.478 e. The summed E-state index contributed by atoms with van der Waals surface area (Å²) in [5.74, 6) is -3.81. The number of alkyl halides is 2. The highest BCUT2D eigenvalue weighted by Gasteiger charge is 2.38. The van der Waals surface area contributed by atoms with Gasteiger partial charge in [-0.05, 0) is 23.1 Å². The van der Waals surface area contributed by atoms with Crippen LogP contribution in [0.2, 0.25) is 0 Å². The standard InChI is InChI=1S/C17H16F2O3S/c1-22-9-10-4-2-3-5-11(10)15-14(16(20)21)12-6-7-17(18,19)8-13(12)23-15/h2-5H,6-9H2,1H3,(H,20,21). The largest absolute Gasteiger partial charge is 0.478 e. The maximum atomic E-state index is 13.7. The molecule has 0 atom stereocenters. The first-order valence-electron chi connectivity index (χ1n) is 7.26. The third-order valence-electron chi connectivity index (χ3n) is 4.03. The number of thiophene rings is 1. The fraction of sp³-hybridized carbons (Fsp3) is 0.353. The predicted molar refractivity (Wildman–Crippen MR) is 84.4 cm³/mol. The average molecular weight is 338 g/mol. The fourth-order valence-electron chi connectivity index (χ4n) is 2.99. The van der Waals surface area contributed by atoms with Crippen LogP contribution in [-0.4, -0.2) is 24.1 Å². The first kappa shape index (κ1) is 16.1. The molecule has 1 aromatic carbocycles. The van der Waals surface area contributed by atoms with Gasteiger partial charge in [-0.3, -0.25) is 0 Å². The summed E-state index contributed by atoms with van der Waals surface area (Å²) in [6, 6.07) is 7.33. The third kappa shape index (κ3) is 3.01. The van der Waals surface area contributed by atoms with E-state index in [0.717, 1.165) is 11.1 Å². The molecule has 1 aliphatic rings. The van der Waals surface area contributed by atoms with E-state index in [-0.39, 0.29) is 24.8 Å². The summed E-state index contributed by atoms with van der Waals surface area (Å²) in [6.07, 6.45) is -0.567. The molecule has 6 heteroatoms. The molecule has 1 heterocycles. The van der Waals surface area contributed by atoms with Gasteiger partial charge in [0.05, 0.1) is 12.2 Å². The van der Waals surface area contributed by atoms with E-state index in [1.807, 2.05) is 24.3 Å². The molecule has 0 saturated heterocycles. The van der Waals surface area contributed by atoms with E-state index < -0.39 is 11.9 Å². The molecule has 3 rings (SSSR count). The van der Waals surface area contributed by atoms with Gasteiger partial charge in [0, 0.05) is 29.7 Å². The highest BCUT2D eigenvalue weighted by atomic mass is 32.1. The Labute approximate surface area is 136 Å². The van der Waals surface area contributed by atoms with Gasteiger partial charge in [-0.15, -0.1) is 11.3 Å². The summed E-state index contributed by atoms with van der Waals surface area (Å²) < 4.78 is 32.5. The lowest BCUT2D eigenvalue weighted by atomic mass is 9.91. The maximum absolute atomic E-state index is 13.7. The molecule has 122 valence electrons. The van der Waals surface area contributed by atoms with Crippen LogP contribution in [0, 0.1) is 0 Å². The van der Waals surface area contributed by atoms with E-state index in [1.165, 1.54) is 11.3 Å². The molecule has 1 aromatic heterocycles. The molecule has 0 spiro atoms. The Hall–Kier alpha value is -1.79. The summed E-state index contributed by atoms with van der Waals surface area (Å²) in [6.45, 7) is 0.341. The van der Waals surface area contributed by atoms with Crippen LogP contribution in [0.3, 0.4) is 0 Å². The summed E-state index contributed by atoms with van der Waals surface area (Å²) in [7, 11) is 1.56. The number of rotatable bonds is 4. The van der Waals surface area contributed by atoms with Gasteiger partial charge in [-0.1, -0.05) is 24.3 Å². The van der Waals surface area contributed by atoms with E-state index in [9.17, 15) is 18.7 Å². The van der Waals surface area contributed by atoms with Crippen molar-refractivity contribution in [3.63, 3.8) is 0 Å². The predicted octanol–water partition coefficient (Wildman–Crippen LogP) is 4.38. The van der Waals surface area contributed by atoms with Crippen LogP contribution in [0.4, 0.5) is 8.78 Å². The molecule has 0 bridgehead atoms. The van der Waals surface area contributed by atoms with Crippen molar-refractivity contribution in [2.24, 2.45) is 0 Å². The quantitative estimate of drug-likeness (QED) is 0.900. The number of benzene rings is 1. The topological polar surface area (TPSA) is 46.5 Å². The van der Waals surface area contributed by atoms with Crippen molar-refractivity contribution in [3.05, 3.63) is 45.8 Å². The van der Waals surface area contributed by atoms with Crippen molar-refractivity contribution in [2.45, 2.75) is 31.8 Å². The normalized spacial score (nSPS) is 16.1. The lowest BCUT2D eigenvalue weighted by Gasteiger charge is -2.21. The van der Waals surface area contributed by atoms with Crippen molar-refractivity contribution in [1.29, 1.82) is 0 Å². The number of halogens is 2. The second-order valence-electron chi connectivity index (χ2n) is 5.64. The third-order valence-corrected chi connectivity index (χ3v) is 5.29. The Kier molecular flexibility index (Phi) is 4.21. The number of carboxylic acids is 1. The summed E-state index contributed by atoms with van der Waals surface area (Å²) >= 11 is 1.17. The van der Waals surface area contributed by atoms with Gasteiger partial charge in [0.15, 0.2) is 0 Å². The smallest absolute Gasteiger partial charge is 0.337 e. The van der Waals surface area contributed by atoms with Gasteiger partial charge in [0.2, 0.25) is 0 Å². The Morgan fingerprint density at radius 3 is 2.83 bits per heavy atom. The van der Waals surface area contributed by atoms with Gasteiger partial charge < -0.3 is 9.84 Å². The first-order valence-corrected chi connectivity index (χ1v) is 8.07. The Morgan fingerprint density at radius 2 is 2.13 bits per heavy atom. The first-order chi connectivity index (χ1) is 10.9. The van der Waals surface area contributed by atoms with Crippen molar-refractivity contribution in [1.82, 2.24) is 0 Å². The molecule has 0 saturated carbocycles. The Bertz CT molecular complexity index is 752. The van der Waals surface area contributed by atoms with E-state index in [0.29, 0.717) is 21.9 Å². The monoisotopic (exact) mass is 338 g/mol. The number of hydrogen-bond acceptors (Lipinski definition) is 3. The van der Waals surface area contributed by atoms with Gasteiger partial charge >= 0.3 is 5.97 Å². The van der Waals surface area contributed by atoms with Crippen molar-refractivity contribution < 1.29 is 23.4 Å². The molecule has 2 aromatic rings. The number of aromatic carboxylic acids is 1. The van der Waals surface area contributed by atoms with Crippen LogP contribution >= 0.6 is 11.3 Å². The minimum absolute atomic E-state index is 0.104. The number of carbonyl (C=O) groups is 1. The zero-order chi connectivity index (χ0) is 16.6. The maximum Gasteiger partial charge on any atom is 0.337 e. The van der Waals surface area contributed by atoms with Crippen LogP contribution in [0.25, 0.3) is 10.4 Å². The average Bonchev–Trinajstić information content (AvgIpc) is 2.85. The van der Waals surface area contributed by atoms with Gasteiger partial charge in [0.1, 0.15) is 0 Å². The zero-order valence-corrected chi connectivity index (χ0v) is 13.4. The molecule has 3 nitrogen and oxygen atoms in total. The van der Waals surface area contributed by atoms with E-state index in [4.69, 9.17) is 4.74 Å². The van der Waals surface area contributed by atoms with Gasteiger partial charge in [-0.25, -0.2) is 13.6 Å². The lowest BCUT2D eigenvalue weighted by molar-refractivity contribution is -0.0113. The molecule has 1 aliphatic carbocycles. The number of methoxy groups -OCH3 is 1. The Morgan fingerprint density at radius 1 is 1.39 bits per heavy atom. The van der Waals surface area contributed by atoms with Crippen LogP contribution < -0.4 is 0 Å². The summed E-state index contributed by atoms with van der Waals surface area (Å²) in [4.78, 5) is 12.8. The Balaban J connectivity index is 2.17. The van der Waals surface area contributed by atoms with Crippen LogP contribution in [0.1, 0.15) is 32.8 Å². The number of fused-ring (bicyclic) bond motifs is 1. The second-order valence-corrected chi connectivity index (χ2v) is 6.74. The number of ether oxygens (including phenoxy) is 1. The van der Waals surface area contributed by atoms with Gasteiger partial charge in [0.25, 0.3) is 5.92 Å². The lowest BCUT2D eigenvalue weighted by Crippen LogP contribution is -2.25. The molecular formula is C17H16F2O3S. The molecule has 23 heavy (non-hydrogen) atoms. The van der Waals surface area contributed by atoms with Crippen molar-refractivity contribution in [2.75, 3.05) is 7.11 Å². The molecule has 1 N–H and O–H groups in total. The summed E-state index contributed by atoms with van der Waals surface area (Å²) in [5.41, 5.74) is 2.33. The number of carboxylic acid groups (broad SMARTS) is 1. The van der Waals surface area contributed by atoms with Crippen LogP contribution in [0.5, 0.6) is 0 Å². The second kappa shape index (κ2) is 6.02. The number of hydrogen-bond donors (Lipinski definition) is 1. The highest BCUT2D eigenvalue weighted by Crippen LogP contribution is 2.44. The molecule has 0 fully saturated rings. The highest BCUT2D eigenvalue weighted by molar-refractivity contribution is 7.16. The van der Waals surface area contributed by atoms with Gasteiger partial charge in [-0.2, -0.15) is 0 Å². The van der Waals surface area contributed by atoms with Crippen molar-refractivity contribution >= 4 is 17.3 Å². The fourth-order valence-corrected chi connectivity index (χ4v) is 4.47. The van der Waals surface area contributed by atoms with E-state index in [1.54, 1.807) is 7.11 Å². The molecular weight excluding hydrogens is 322 g/mol. The molecule has 0 unspecified atom stereocenters. The summed E-state index contributed by atoms with van der Waals surface area (Å²) in [5, 5.41) is 9.61. The minimum atomic E-state index is -2.75. The SMILES string of the molecule is COCc1ccccc1-c1sc2c(c1C(=O)O)CCC(F)(F)C2. The van der Waals surface area contributed by atoms with Crippen LogP contribution in [0.15, 0.2) is 24.3 Å². The zero-order valence-electron chi connectivity index (χ0n) is 12.6. The molecule has 0 aliphatic heterocycles. The van der Waals surface area contributed by atoms with E-state index in [2.05, 4.69) is 0 Å².